The molecule has 0 aliphatic carbocycles. The van der Waals surface area contributed by atoms with E-state index in [-0.39, 0.29) is 11.9 Å². The normalized spacial score (nSPS) is 10.1. The first-order chi connectivity index (χ1) is 8.97. The maximum absolute atomic E-state index is 10.3. The molecule has 0 spiro atoms. The molecule has 0 saturated heterocycles. The van der Waals surface area contributed by atoms with Crippen LogP contribution in [0, 0.1) is 20.2 Å². The molecule has 2 aromatic rings. The average Bonchev–Trinajstić information content (AvgIpc) is 2.83. The van der Waals surface area contributed by atoms with Gasteiger partial charge < -0.3 is 15.8 Å². The number of hydrogen-bond acceptors (Lipinski definition) is 9. The molecule has 15 heteroatoms. The first kappa shape index (κ1) is 12.0. The molecule has 0 bridgehead atoms. The standard InChI is InChI=1S/C4H5N11O4/c5-2-7-3(10-14(16)17)9-13(2)4-8-6-1-12(4)11-15(18)19/h1,11H,(H3,5,7,9,10). The van der Waals surface area contributed by atoms with E-state index in [0.717, 1.165) is 15.7 Å². The Bertz CT molecular complexity index is 628. The van der Waals surface area contributed by atoms with Crippen molar-refractivity contribution in [3.05, 3.63) is 26.6 Å². The second-order valence-electron chi connectivity index (χ2n) is 2.93. The molecule has 0 aliphatic heterocycles. The number of nitrogens with two attached hydrogens (primary N) is 1. The molecule has 19 heavy (non-hydrogen) atoms. The third-order valence-electron chi connectivity index (χ3n) is 1.73. The topological polar surface area (TPSA) is 198 Å². The molecule has 15 nitrogen and oxygen atoms in total. The van der Waals surface area contributed by atoms with Crippen LogP contribution >= 0.6 is 0 Å². The number of aromatic nitrogens is 6. The Morgan fingerprint density at radius 2 is 2.05 bits per heavy atom. The molecule has 4 N–H and O–H groups in total. The summed E-state index contributed by atoms with van der Waals surface area (Å²) in [5.41, 5.74) is 8.88. The van der Waals surface area contributed by atoms with Crippen molar-refractivity contribution in [1.82, 2.24) is 29.6 Å². The van der Waals surface area contributed by atoms with E-state index in [9.17, 15) is 20.2 Å². The van der Waals surface area contributed by atoms with E-state index in [1.807, 2.05) is 0 Å². The van der Waals surface area contributed by atoms with Gasteiger partial charge in [-0.2, -0.15) is 4.98 Å². The summed E-state index contributed by atoms with van der Waals surface area (Å²) in [7, 11) is 0. The zero-order chi connectivity index (χ0) is 14.0. The maximum atomic E-state index is 10.3. The summed E-state index contributed by atoms with van der Waals surface area (Å²) in [6, 6.07) is 0. The number of rotatable bonds is 5. The van der Waals surface area contributed by atoms with E-state index >= 15 is 0 Å². The van der Waals surface area contributed by atoms with Gasteiger partial charge in [0.2, 0.25) is 12.3 Å². The Morgan fingerprint density at radius 1 is 1.32 bits per heavy atom. The van der Waals surface area contributed by atoms with Crippen molar-refractivity contribution in [1.29, 1.82) is 0 Å². The van der Waals surface area contributed by atoms with Gasteiger partial charge in [-0.15, -0.1) is 14.9 Å². The Labute approximate surface area is 102 Å². The lowest BCUT2D eigenvalue weighted by molar-refractivity contribution is -0.461. The SMILES string of the molecule is Nc1nc(N[N+](=O)[O-])nn1-c1nncn1N[N+](=O)[O-]. The molecule has 0 amide bonds. The van der Waals surface area contributed by atoms with Crippen LogP contribution in [0.25, 0.3) is 5.95 Å². The first-order valence-corrected chi connectivity index (χ1v) is 4.42. The fourth-order valence-electron chi connectivity index (χ4n) is 1.13. The fraction of sp³-hybridized carbons (Fsp3) is 0. The number of nitro groups is 2. The van der Waals surface area contributed by atoms with Crippen molar-refractivity contribution in [2.24, 2.45) is 0 Å². The highest BCUT2D eigenvalue weighted by molar-refractivity contribution is 5.34. The predicted molar refractivity (Wildman–Crippen MR) is 56.3 cm³/mol. The molecule has 0 aromatic carbocycles. The van der Waals surface area contributed by atoms with Crippen LogP contribution in [-0.4, -0.2) is 39.7 Å². The molecule has 2 rings (SSSR count). The number of nitrogen functional groups attached to an aromatic ring is 1. The summed E-state index contributed by atoms with van der Waals surface area (Å²) in [6.07, 6.45) is 0.986. The van der Waals surface area contributed by atoms with Gasteiger partial charge in [-0.25, -0.2) is 10.1 Å². The quantitative estimate of drug-likeness (QED) is 0.393. The van der Waals surface area contributed by atoms with Crippen molar-refractivity contribution in [2.45, 2.75) is 0 Å². The average molecular weight is 271 g/mol. The summed E-state index contributed by atoms with van der Waals surface area (Å²) in [6.45, 7) is 0. The molecule has 0 fully saturated rings. The summed E-state index contributed by atoms with van der Waals surface area (Å²) >= 11 is 0. The minimum atomic E-state index is -0.890. The van der Waals surface area contributed by atoms with Gasteiger partial charge in [0.25, 0.3) is 0 Å². The van der Waals surface area contributed by atoms with E-state index < -0.39 is 16.0 Å². The van der Waals surface area contributed by atoms with Crippen LogP contribution in [0.15, 0.2) is 6.33 Å². The van der Waals surface area contributed by atoms with Crippen LogP contribution in [0.1, 0.15) is 0 Å². The lowest BCUT2D eigenvalue weighted by atomic mass is 10.9. The highest BCUT2D eigenvalue weighted by atomic mass is 16.7. The van der Waals surface area contributed by atoms with Gasteiger partial charge in [0.1, 0.15) is 0 Å². The summed E-state index contributed by atoms with van der Waals surface area (Å²) in [4.78, 5) is 24.1. The second kappa shape index (κ2) is 4.39. The first-order valence-electron chi connectivity index (χ1n) is 4.42. The van der Waals surface area contributed by atoms with Crippen molar-refractivity contribution in [3.63, 3.8) is 0 Å². The van der Waals surface area contributed by atoms with E-state index in [1.165, 1.54) is 0 Å². The summed E-state index contributed by atoms with van der Waals surface area (Å²) < 4.78 is 1.62. The number of nitrogens with zero attached hydrogens (tertiary/aromatic N) is 8. The van der Waals surface area contributed by atoms with E-state index in [2.05, 4.69) is 20.3 Å². The van der Waals surface area contributed by atoms with Crippen molar-refractivity contribution in [2.75, 3.05) is 16.7 Å². The zero-order valence-corrected chi connectivity index (χ0v) is 8.87. The lowest BCUT2D eigenvalue weighted by Crippen LogP contribution is -2.24. The Morgan fingerprint density at radius 3 is 2.68 bits per heavy atom. The van der Waals surface area contributed by atoms with Crippen LogP contribution in [0.2, 0.25) is 0 Å². The third kappa shape index (κ3) is 2.43. The molecule has 2 aromatic heterocycles. The van der Waals surface area contributed by atoms with Gasteiger partial charge in [0.15, 0.2) is 5.03 Å². The molecule has 0 saturated carbocycles. The number of nitrogens with one attached hydrogen (secondary N) is 2. The number of hydrazine groups is 2. The Kier molecular flexibility index (Phi) is 2.76. The van der Waals surface area contributed by atoms with Crippen molar-refractivity contribution < 1.29 is 10.1 Å². The van der Waals surface area contributed by atoms with E-state index in [1.54, 1.807) is 11.0 Å². The van der Waals surface area contributed by atoms with Gasteiger partial charge in [-0.1, -0.05) is 15.2 Å². The maximum Gasteiger partial charge on any atom is 0.369 e. The number of anilines is 2. The molecule has 0 atom stereocenters. The molecule has 2 heterocycles. The van der Waals surface area contributed by atoms with Gasteiger partial charge in [-0.3, -0.25) is 0 Å². The number of hydrogen-bond donors (Lipinski definition) is 3. The van der Waals surface area contributed by atoms with Gasteiger partial charge in [0, 0.05) is 5.03 Å². The highest BCUT2D eigenvalue weighted by Crippen LogP contribution is 2.10. The molecule has 0 unspecified atom stereocenters. The Balaban J connectivity index is 2.36. The molecular weight excluding hydrogens is 266 g/mol. The molecular formula is C4H5N11O4. The lowest BCUT2D eigenvalue weighted by Gasteiger charge is -2.00. The second-order valence-corrected chi connectivity index (χ2v) is 2.93. The largest absolute Gasteiger partial charge is 0.369 e. The van der Waals surface area contributed by atoms with Crippen molar-refractivity contribution in [3.8, 4) is 5.95 Å². The monoisotopic (exact) mass is 271 g/mol. The smallest absolute Gasteiger partial charge is 0.367 e. The van der Waals surface area contributed by atoms with Crippen LogP contribution in [0.5, 0.6) is 0 Å². The molecule has 0 aliphatic rings. The molecule has 100 valence electrons. The van der Waals surface area contributed by atoms with Crippen LogP contribution in [0.3, 0.4) is 0 Å². The van der Waals surface area contributed by atoms with Gasteiger partial charge >= 0.3 is 11.9 Å². The highest BCUT2D eigenvalue weighted by Gasteiger charge is 2.20. The van der Waals surface area contributed by atoms with Crippen LogP contribution < -0.4 is 16.7 Å². The van der Waals surface area contributed by atoms with E-state index in [4.69, 9.17) is 5.73 Å². The molecule has 0 radical (unpaired) electrons. The van der Waals surface area contributed by atoms with Crippen LogP contribution in [0.4, 0.5) is 11.9 Å². The van der Waals surface area contributed by atoms with Gasteiger partial charge in [0.05, 0.1) is 0 Å². The predicted octanol–water partition coefficient (Wildman–Crippen LogP) is -2.22. The van der Waals surface area contributed by atoms with Crippen LogP contribution in [-0.2, 0) is 0 Å². The summed E-state index contributed by atoms with van der Waals surface area (Å²) in [5.74, 6) is -0.875. The minimum Gasteiger partial charge on any atom is -0.367 e. The summed E-state index contributed by atoms with van der Waals surface area (Å²) in [5, 5.41) is 29.3. The zero-order valence-electron chi connectivity index (χ0n) is 8.87. The van der Waals surface area contributed by atoms with Gasteiger partial charge in [-0.05, 0) is 5.53 Å². The van der Waals surface area contributed by atoms with Crippen molar-refractivity contribution >= 4 is 11.9 Å². The minimum absolute atomic E-state index is 0.196. The third-order valence-corrected chi connectivity index (χ3v) is 1.73. The Hall–Kier alpha value is -3.52. The fourth-order valence-corrected chi connectivity index (χ4v) is 1.13. The van der Waals surface area contributed by atoms with E-state index in [0.29, 0.717) is 0 Å².